The molecular weight excluding hydrogens is 899 g/mol. The van der Waals surface area contributed by atoms with Crippen molar-refractivity contribution < 1.29 is 93.1 Å². The number of carbonyl (C=O) groups excluding carboxylic acids is 2. The van der Waals surface area contributed by atoms with Crippen molar-refractivity contribution >= 4 is 11.9 Å². The van der Waals surface area contributed by atoms with Gasteiger partial charge in [0.15, 0.2) is 0 Å². The van der Waals surface area contributed by atoms with Crippen LogP contribution in [0.25, 0.3) is 0 Å². The molecule has 0 aromatic heterocycles. The lowest BCUT2D eigenvalue weighted by molar-refractivity contribution is -0.145. The van der Waals surface area contributed by atoms with E-state index < -0.39 is 47.2 Å². The van der Waals surface area contributed by atoms with Gasteiger partial charge < -0.3 is 61.6 Å². The Hall–Kier alpha value is -2.63. The normalized spacial score (nSPS) is 11.5. The van der Waals surface area contributed by atoms with Gasteiger partial charge in [-0.25, -0.2) is 13.2 Å². The number of benzene rings is 1. The summed E-state index contributed by atoms with van der Waals surface area (Å²) >= 11 is 0. The van der Waals surface area contributed by atoms with Crippen LogP contribution in [-0.2, 0) is 66.4 Å². The van der Waals surface area contributed by atoms with Gasteiger partial charge in [0.25, 0.3) is 0 Å². The lowest BCUT2D eigenvalue weighted by Gasteiger charge is -2.09. The van der Waals surface area contributed by atoms with Gasteiger partial charge in [0.2, 0.25) is 34.8 Å². The Morgan fingerprint density at radius 2 is 0.552 bits per heavy atom. The van der Waals surface area contributed by atoms with E-state index in [1.807, 2.05) is 0 Å². The van der Waals surface area contributed by atoms with Gasteiger partial charge >= 0.3 is 11.9 Å². The monoisotopic (exact) mass is 979 g/mol. The van der Waals surface area contributed by atoms with E-state index in [0.717, 1.165) is 12.8 Å². The first kappa shape index (κ1) is 62.4. The van der Waals surface area contributed by atoms with Crippen LogP contribution >= 0.6 is 0 Å². The molecule has 0 spiro atoms. The van der Waals surface area contributed by atoms with Crippen LogP contribution in [0.15, 0.2) is 0 Å². The van der Waals surface area contributed by atoms with Crippen LogP contribution in [0.5, 0.6) is 5.75 Å². The van der Waals surface area contributed by atoms with Gasteiger partial charge in [-0.2, -0.15) is 8.78 Å². The lowest BCUT2D eigenvalue weighted by Crippen LogP contribution is -2.16. The molecule has 0 saturated heterocycles. The third-order valence-corrected chi connectivity index (χ3v) is 9.53. The number of esters is 2. The molecule has 0 aliphatic heterocycles. The summed E-state index contributed by atoms with van der Waals surface area (Å²) in [5, 5.41) is 0. The third-order valence-electron chi connectivity index (χ3n) is 9.53. The summed E-state index contributed by atoms with van der Waals surface area (Å²) < 4.78 is 136. The molecule has 15 nitrogen and oxygen atoms in total. The number of halogens is 5. The van der Waals surface area contributed by atoms with E-state index in [-0.39, 0.29) is 39.0 Å². The van der Waals surface area contributed by atoms with Crippen molar-refractivity contribution in [2.45, 2.75) is 103 Å². The zero-order valence-electron chi connectivity index (χ0n) is 39.9. The minimum atomic E-state index is -2.35. The Morgan fingerprint density at radius 3 is 0.866 bits per heavy atom. The number of rotatable bonds is 51. The second-order valence-electron chi connectivity index (χ2n) is 15.1. The zero-order valence-corrected chi connectivity index (χ0v) is 39.9. The minimum Gasteiger partial charge on any atom is -0.463 e. The molecule has 1 rings (SSSR count). The molecular formula is C47H79F5O15. The predicted octanol–water partition coefficient (Wildman–Crippen LogP) is 7.88. The van der Waals surface area contributed by atoms with Gasteiger partial charge in [0.1, 0.15) is 6.61 Å². The summed E-state index contributed by atoms with van der Waals surface area (Å²) in [6.07, 6.45) is 16.6. The van der Waals surface area contributed by atoms with Gasteiger partial charge in [-0.1, -0.05) is 84.0 Å². The fourth-order valence-corrected chi connectivity index (χ4v) is 5.87. The quantitative estimate of drug-likeness (QED) is 0.0155. The molecule has 0 fully saturated rings. The number of hydrogen-bond donors (Lipinski definition) is 0. The minimum absolute atomic E-state index is 0.0753. The summed E-state index contributed by atoms with van der Waals surface area (Å²) in [6.45, 7) is 10.3. The van der Waals surface area contributed by atoms with E-state index in [1.54, 1.807) is 0 Å². The first-order chi connectivity index (χ1) is 32.8. The molecule has 0 bridgehead atoms. The molecule has 0 N–H and O–H groups in total. The Balaban J connectivity index is 1.69. The van der Waals surface area contributed by atoms with E-state index in [4.69, 9.17) is 56.8 Å². The maximum atomic E-state index is 13.6. The fraction of sp³-hybridized carbons (Fsp3) is 0.830. The van der Waals surface area contributed by atoms with Gasteiger partial charge in [0, 0.05) is 6.42 Å². The Bertz CT molecular complexity index is 1290. The van der Waals surface area contributed by atoms with E-state index >= 15 is 0 Å². The van der Waals surface area contributed by atoms with Crippen molar-refractivity contribution in [3.8, 4) is 5.75 Å². The van der Waals surface area contributed by atoms with Crippen molar-refractivity contribution in [1.29, 1.82) is 0 Å². The molecule has 1 aromatic carbocycles. The Kier molecular flexibility index (Phi) is 43.8. The van der Waals surface area contributed by atoms with Crippen LogP contribution < -0.4 is 4.74 Å². The summed E-state index contributed by atoms with van der Waals surface area (Å²) in [6, 6.07) is 0. The summed E-state index contributed by atoms with van der Waals surface area (Å²) in [5.74, 6) is -14.3. The molecule has 0 atom stereocenters. The Morgan fingerprint density at radius 1 is 0.299 bits per heavy atom. The number of ether oxygens (including phenoxy) is 13. The van der Waals surface area contributed by atoms with Crippen LogP contribution in [0.3, 0.4) is 0 Å². The average molecular weight is 979 g/mol. The van der Waals surface area contributed by atoms with Gasteiger partial charge in [-0.05, 0) is 6.42 Å². The SMILES string of the molecule is CCCCCCCCCCCCCCCC(=O)OCCOCCOCCOCCOCCOCCOCCOCCOCCOCCOCCOCCC(=O)Oc1c(F)c(F)c(F)c(F)c1F. The smallest absolute Gasteiger partial charge is 0.313 e. The predicted molar refractivity (Wildman–Crippen MR) is 237 cm³/mol. The maximum absolute atomic E-state index is 13.6. The van der Waals surface area contributed by atoms with E-state index in [9.17, 15) is 31.5 Å². The lowest BCUT2D eigenvalue weighted by atomic mass is 10.0. The van der Waals surface area contributed by atoms with Crippen LogP contribution in [-0.4, -0.2) is 164 Å². The van der Waals surface area contributed by atoms with Gasteiger partial charge in [0.05, 0.1) is 152 Å². The molecule has 0 saturated carbocycles. The van der Waals surface area contributed by atoms with Crippen LogP contribution in [0.1, 0.15) is 103 Å². The second-order valence-corrected chi connectivity index (χ2v) is 15.1. The molecule has 392 valence electrons. The first-order valence-corrected chi connectivity index (χ1v) is 24.0. The number of unbranched alkanes of at least 4 members (excludes halogenated alkanes) is 12. The van der Waals surface area contributed by atoms with E-state index in [2.05, 4.69) is 11.7 Å². The Labute approximate surface area is 394 Å². The molecule has 0 heterocycles. The molecule has 1 aromatic rings. The molecule has 0 aliphatic rings. The highest BCUT2D eigenvalue weighted by molar-refractivity contribution is 5.72. The van der Waals surface area contributed by atoms with Crippen molar-refractivity contribution in [1.82, 2.24) is 0 Å². The first-order valence-electron chi connectivity index (χ1n) is 24.0. The molecule has 0 amide bonds. The fourth-order valence-electron chi connectivity index (χ4n) is 5.87. The van der Waals surface area contributed by atoms with Crippen LogP contribution in [0.2, 0.25) is 0 Å². The molecule has 67 heavy (non-hydrogen) atoms. The third kappa shape index (κ3) is 37.9. The molecule has 0 unspecified atom stereocenters. The van der Waals surface area contributed by atoms with E-state index in [0.29, 0.717) is 125 Å². The molecule has 0 aliphatic carbocycles. The standard InChI is InChI=1S/C47H79F5O15/c1-2-3-4-5-6-7-8-9-10-11-12-13-14-15-40(53)66-39-38-65-37-36-64-35-34-63-33-32-62-31-30-61-29-28-60-27-26-59-25-24-58-23-22-57-21-20-56-19-18-55-17-16-41(54)67-47-45(51)43(49)42(48)44(50)46(47)52/h2-39H2,1H3. The number of carbonyl (C=O) groups is 2. The van der Waals surface area contributed by atoms with Crippen molar-refractivity contribution in [2.75, 3.05) is 152 Å². The summed E-state index contributed by atoms with van der Waals surface area (Å²) in [7, 11) is 0. The molecule has 0 radical (unpaired) electrons. The summed E-state index contributed by atoms with van der Waals surface area (Å²) in [4.78, 5) is 23.6. The van der Waals surface area contributed by atoms with Crippen molar-refractivity contribution in [3.63, 3.8) is 0 Å². The zero-order chi connectivity index (χ0) is 48.7. The van der Waals surface area contributed by atoms with Crippen LogP contribution in [0, 0.1) is 29.1 Å². The summed E-state index contributed by atoms with van der Waals surface area (Å²) in [5.41, 5.74) is 0. The van der Waals surface area contributed by atoms with Crippen LogP contribution in [0.4, 0.5) is 22.0 Å². The average Bonchev–Trinajstić information content (AvgIpc) is 3.32. The largest absolute Gasteiger partial charge is 0.463 e. The molecule has 20 heteroatoms. The highest BCUT2D eigenvalue weighted by atomic mass is 19.2. The highest BCUT2D eigenvalue weighted by Crippen LogP contribution is 2.29. The number of hydrogen-bond acceptors (Lipinski definition) is 15. The van der Waals surface area contributed by atoms with E-state index in [1.165, 1.54) is 70.6 Å². The van der Waals surface area contributed by atoms with Crippen molar-refractivity contribution in [2.24, 2.45) is 0 Å². The van der Waals surface area contributed by atoms with Crippen molar-refractivity contribution in [3.05, 3.63) is 29.1 Å². The van der Waals surface area contributed by atoms with Gasteiger partial charge in [-0.3, -0.25) is 9.59 Å². The maximum Gasteiger partial charge on any atom is 0.313 e. The topological polar surface area (TPSA) is 154 Å². The second kappa shape index (κ2) is 47.1. The van der Waals surface area contributed by atoms with Gasteiger partial charge in [-0.15, -0.1) is 0 Å². The highest BCUT2D eigenvalue weighted by Gasteiger charge is 2.28.